The van der Waals surface area contributed by atoms with Crippen molar-refractivity contribution in [3.05, 3.63) is 29.8 Å². The highest BCUT2D eigenvalue weighted by Crippen LogP contribution is 2.62. The van der Waals surface area contributed by atoms with Gasteiger partial charge in [-0.3, -0.25) is 4.79 Å². The Morgan fingerprint density at radius 1 is 1.40 bits per heavy atom. The predicted molar refractivity (Wildman–Crippen MR) is 68.7 cm³/mol. The Balaban J connectivity index is 2.08. The van der Waals surface area contributed by atoms with Crippen LogP contribution in [0.4, 0.5) is 5.69 Å². The van der Waals surface area contributed by atoms with Gasteiger partial charge in [0.05, 0.1) is 3.23 Å². The smallest absolute Gasteiger partial charge is 0.221 e. The lowest BCUT2D eigenvalue weighted by Gasteiger charge is -2.04. The lowest BCUT2D eigenvalue weighted by atomic mass is 10.1. The van der Waals surface area contributed by atoms with Crippen LogP contribution in [0.3, 0.4) is 0 Å². The fourth-order valence-corrected chi connectivity index (χ4v) is 2.75. The molecule has 1 amide bonds. The molecule has 0 unspecified atom stereocenters. The van der Waals surface area contributed by atoms with Crippen molar-refractivity contribution in [3.8, 4) is 0 Å². The van der Waals surface area contributed by atoms with E-state index in [0.717, 1.165) is 12.1 Å². The Kier molecular flexibility index (Phi) is 2.90. The highest BCUT2D eigenvalue weighted by molar-refractivity contribution is 9.25. The molecule has 4 heteroatoms. The zero-order chi connectivity index (χ0) is 11.1. The summed E-state index contributed by atoms with van der Waals surface area (Å²) in [6.07, 6.45) is 1.10. The zero-order valence-electron chi connectivity index (χ0n) is 8.26. The van der Waals surface area contributed by atoms with Gasteiger partial charge < -0.3 is 5.32 Å². The molecule has 1 saturated carbocycles. The summed E-state index contributed by atoms with van der Waals surface area (Å²) in [4.78, 5) is 10.8. The van der Waals surface area contributed by atoms with Gasteiger partial charge in [0, 0.05) is 18.5 Å². The highest BCUT2D eigenvalue weighted by Gasteiger charge is 2.50. The minimum atomic E-state index is -0.0375. The van der Waals surface area contributed by atoms with Crippen molar-refractivity contribution in [2.24, 2.45) is 0 Å². The van der Waals surface area contributed by atoms with Gasteiger partial charge in [-0.15, -0.1) is 0 Å². The molecule has 1 aliphatic rings. The number of carbonyl (C=O) groups excluding carboxylic acids is 1. The van der Waals surface area contributed by atoms with E-state index >= 15 is 0 Å². The quantitative estimate of drug-likeness (QED) is 0.823. The highest BCUT2D eigenvalue weighted by atomic mass is 79.9. The fraction of sp³-hybridized carbons (Fsp3) is 0.364. The number of carbonyl (C=O) groups is 1. The van der Waals surface area contributed by atoms with Crippen LogP contribution >= 0.6 is 31.9 Å². The molecule has 2 nitrogen and oxygen atoms in total. The van der Waals surface area contributed by atoms with Crippen LogP contribution in [0.25, 0.3) is 0 Å². The van der Waals surface area contributed by atoms with Crippen molar-refractivity contribution in [3.63, 3.8) is 0 Å². The molecule has 0 saturated heterocycles. The Morgan fingerprint density at radius 3 is 2.33 bits per heavy atom. The summed E-state index contributed by atoms with van der Waals surface area (Å²) in [5.41, 5.74) is 2.14. The number of hydrogen-bond acceptors (Lipinski definition) is 1. The summed E-state index contributed by atoms with van der Waals surface area (Å²) in [5.74, 6) is 0.494. The molecule has 80 valence electrons. The molecule has 1 aliphatic carbocycles. The monoisotopic (exact) mass is 331 g/mol. The predicted octanol–water partition coefficient (Wildman–Crippen LogP) is 3.62. The molecule has 1 N–H and O–H groups in total. The van der Waals surface area contributed by atoms with Crippen LogP contribution in [0.15, 0.2) is 24.3 Å². The van der Waals surface area contributed by atoms with E-state index in [1.807, 2.05) is 12.1 Å². The SMILES string of the molecule is CC(=O)Nc1ccc([C@H]2CC2(Br)Br)cc1. The van der Waals surface area contributed by atoms with E-state index < -0.39 is 0 Å². The topological polar surface area (TPSA) is 29.1 Å². The van der Waals surface area contributed by atoms with Crippen LogP contribution in [-0.4, -0.2) is 9.14 Å². The van der Waals surface area contributed by atoms with Gasteiger partial charge in [-0.05, 0) is 24.1 Å². The first-order valence-corrected chi connectivity index (χ1v) is 6.33. The number of rotatable bonds is 2. The van der Waals surface area contributed by atoms with E-state index in [1.54, 1.807) is 0 Å². The summed E-state index contributed by atoms with van der Waals surface area (Å²) < 4.78 is 0.0928. The maximum Gasteiger partial charge on any atom is 0.221 e. The lowest BCUT2D eigenvalue weighted by molar-refractivity contribution is -0.114. The second-order valence-corrected chi connectivity index (χ2v) is 7.72. The van der Waals surface area contributed by atoms with E-state index in [1.165, 1.54) is 12.5 Å². The molecule has 0 aliphatic heterocycles. The standard InChI is InChI=1S/C11H11Br2NO/c1-7(15)14-9-4-2-8(3-5-9)10-6-11(10,12)13/h2-5,10H,6H2,1H3,(H,14,15)/t10-/m1/s1. The first-order chi connectivity index (χ1) is 6.99. The fourth-order valence-electron chi connectivity index (χ4n) is 1.58. The molecule has 1 aromatic rings. The van der Waals surface area contributed by atoms with Crippen LogP contribution < -0.4 is 5.32 Å². The van der Waals surface area contributed by atoms with Crippen molar-refractivity contribution in [1.82, 2.24) is 0 Å². The molecule has 1 fully saturated rings. The average Bonchev–Trinajstić information content (AvgIpc) is 2.75. The maximum absolute atomic E-state index is 10.8. The number of amides is 1. The summed E-state index contributed by atoms with van der Waals surface area (Å²) in [7, 11) is 0. The number of nitrogens with one attached hydrogen (secondary N) is 1. The second kappa shape index (κ2) is 3.91. The molecule has 0 spiro atoms. The van der Waals surface area contributed by atoms with Crippen molar-refractivity contribution in [2.45, 2.75) is 22.5 Å². The van der Waals surface area contributed by atoms with Gasteiger partial charge in [0.25, 0.3) is 0 Å². The van der Waals surface area contributed by atoms with E-state index in [-0.39, 0.29) is 9.14 Å². The summed E-state index contributed by atoms with van der Waals surface area (Å²) in [6, 6.07) is 7.98. The molecular weight excluding hydrogens is 322 g/mol. The molecule has 0 aromatic heterocycles. The third-order valence-electron chi connectivity index (χ3n) is 2.46. The van der Waals surface area contributed by atoms with Gasteiger partial charge in [0.2, 0.25) is 5.91 Å². The van der Waals surface area contributed by atoms with Crippen LogP contribution in [-0.2, 0) is 4.79 Å². The Hall–Kier alpha value is -0.350. The van der Waals surface area contributed by atoms with E-state index in [2.05, 4.69) is 49.3 Å². The summed E-state index contributed by atoms with van der Waals surface area (Å²) in [6.45, 7) is 1.51. The minimum Gasteiger partial charge on any atom is -0.326 e. The van der Waals surface area contributed by atoms with Gasteiger partial charge in [0.1, 0.15) is 0 Å². The zero-order valence-corrected chi connectivity index (χ0v) is 11.4. The van der Waals surface area contributed by atoms with Gasteiger partial charge >= 0.3 is 0 Å². The number of hydrogen-bond donors (Lipinski definition) is 1. The first-order valence-electron chi connectivity index (χ1n) is 4.74. The first kappa shape index (κ1) is 11.1. The van der Waals surface area contributed by atoms with Crippen LogP contribution in [0, 0.1) is 0 Å². The van der Waals surface area contributed by atoms with Crippen LogP contribution in [0.1, 0.15) is 24.8 Å². The number of anilines is 1. The van der Waals surface area contributed by atoms with E-state index in [0.29, 0.717) is 5.92 Å². The third-order valence-corrected chi connectivity index (χ3v) is 4.21. The average molecular weight is 333 g/mol. The van der Waals surface area contributed by atoms with Crippen molar-refractivity contribution in [2.75, 3.05) is 5.32 Å². The van der Waals surface area contributed by atoms with Gasteiger partial charge in [-0.25, -0.2) is 0 Å². The normalized spacial score (nSPS) is 22.2. The molecule has 0 bridgehead atoms. The van der Waals surface area contributed by atoms with Crippen LogP contribution in [0.5, 0.6) is 0 Å². The summed E-state index contributed by atoms with van der Waals surface area (Å²) in [5, 5.41) is 2.75. The molecule has 2 rings (SSSR count). The van der Waals surface area contributed by atoms with Crippen LogP contribution in [0.2, 0.25) is 0 Å². The molecule has 1 atom stereocenters. The largest absolute Gasteiger partial charge is 0.326 e. The Bertz CT molecular complexity index is 386. The minimum absolute atomic E-state index is 0.0375. The number of halogens is 2. The van der Waals surface area contributed by atoms with Crippen molar-refractivity contribution < 1.29 is 4.79 Å². The number of alkyl halides is 2. The molecule has 0 radical (unpaired) electrons. The van der Waals surface area contributed by atoms with Crippen molar-refractivity contribution in [1.29, 1.82) is 0 Å². The molecular formula is C11H11Br2NO. The van der Waals surface area contributed by atoms with E-state index in [9.17, 15) is 4.79 Å². The molecule has 1 aromatic carbocycles. The third kappa shape index (κ3) is 2.61. The maximum atomic E-state index is 10.8. The molecule has 0 heterocycles. The second-order valence-electron chi connectivity index (χ2n) is 3.82. The van der Waals surface area contributed by atoms with E-state index in [4.69, 9.17) is 0 Å². The van der Waals surface area contributed by atoms with Crippen molar-refractivity contribution >= 4 is 43.5 Å². The molecule has 15 heavy (non-hydrogen) atoms. The summed E-state index contributed by atoms with van der Waals surface area (Å²) >= 11 is 7.19. The number of benzene rings is 1. The lowest BCUT2D eigenvalue weighted by Crippen LogP contribution is -2.05. The van der Waals surface area contributed by atoms with Gasteiger partial charge in [-0.1, -0.05) is 44.0 Å². The Morgan fingerprint density at radius 2 is 1.93 bits per heavy atom. The Labute approximate surface area is 106 Å². The van der Waals surface area contributed by atoms with Gasteiger partial charge in [-0.2, -0.15) is 0 Å². The van der Waals surface area contributed by atoms with Gasteiger partial charge in [0.15, 0.2) is 0 Å².